The Morgan fingerprint density at radius 2 is 1.41 bits per heavy atom. The molecule has 0 heterocycles. The predicted octanol–water partition coefficient (Wildman–Crippen LogP) is 4.70. The molecule has 0 aliphatic heterocycles. The van der Waals surface area contributed by atoms with E-state index in [9.17, 15) is 0 Å². The maximum absolute atomic E-state index is 9.16. The molecule has 22 heavy (non-hydrogen) atoms. The van der Waals surface area contributed by atoms with Crippen LogP contribution in [-0.4, -0.2) is 25.9 Å². The highest BCUT2D eigenvalue weighted by molar-refractivity contribution is 14.1. The Morgan fingerprint density at radius 1 is 0.864 bits per heavy atom. The summed E-state index contributed by atoms with van der Waals surface area (Å²) in [7, 11) is 3.17. The van der Waals surface area contributed by atoms with Crippen LogP contribution in [0.15, 0.2) is 36.4 Å². The summed E-state index contributed by atoms with van der Waals surface area (Å²) in [5.41, 5.74) is 0. The smallest absolute Gasteiger partial charge is 0.162 e. The van der Waals surface area contributed by atoms with Crippen LogP contribution in [0, 0.1) is 7.14 Å². The van der Waals surface area contributed by atoms with Crippen LogP contribution in [0.4, 0.5) is 0 Å². The zero-order valence-corrected chi connectivity index (χ0v) is 16.9. The number of benzene rings is 2. The molecule has 0 aliphatic carbocycles. The fourth-order valence-corrected chi connectivity index (χ4v) is 2.52. The largest absolute Gasteiger partial charge is 0.504 e. The number of ether oxygens (including phenoxy) is 3. The molecule has 120 valence electrons. The number of phenols is 1. The molecule has 0 fully saturated rings. The van der Waals surface area contributed by atoms with E-state index in [0.717, 1.165) is 18.6 Å². The summed E-state index contributed by atoms with van der Waals surface area (Å²) in [6, 6.07) is 11.1. The van der Waals surface area contributed by atoms with Gasteiger partial charge in [-0.3, -0.25) is 0 Å². The van der Waals surface area contributed by atoms with Crippen molar-refractivity contribution in [2.45, 2.75) is 6.92 Å². The van der Waals surface area contributed by atoms with Gasteiger partial charge in [0, 0.05) is 7.14 Å². The third-order valence-corrected chi connectivity index (χ3v) is 3.91. The topological polar surface area (TPSA) is 47.9 Å². The van der Waals surface area contributed by atoms with Crippen molar-refractivity contribution in [1.82, 2.24) is 0 Å². The lowest BCUT2D eigenvalue weighted by molar-refractivity contribution is 0.310. The van der Waals surface area contributed by atoms with Gasteiger partial charge in [-0.1, -0.05) is 0 Å². The van der Waals surface area contributed by atoms with Crippen LogP contribution in [0.25, 0.3) is 0 Å². The maximum Gasteiger partial charge on any atom is 0.162 e. The van der Waals surface area contributed by atoms with Gasteiger partial charge in [0.2, 0.25) is 0 Å². The Morgan fingerprint density at radius 3 is 1.91 bits per heavy atom. The fourth-order valence-electron chi connectivity index (χ4n) is 1.58. The number of hydrogen-bond donors (Lipinski definition) is 1. The van der Waals surface area contributed by atoms with E-state index in [0.29, 0.717) is 12.4 Å². The second-order valence-electron chi connectivity index (χ2n) is 4.04. The molecule has 0 aliphatic rings. The lowest BCUT2D eigenvalue weighted by Gasteiger charge is -2.08. The molecule has 0 atom stereocenters. The first-order chi connectivity index (χ1) is 10.5. The van der Waals surface area contributed by atoms with Crippen molar-refractivity contribution < 1.29 is 19.3 Å². The molecule has 2 aromatic carbocycles. The number of halogens is 2. The lowest BCUT2D eigenvalue weighted by Crippen LogP contribution is -1.95. The van der Waals surface area contributed by atoms with Gasteiger partial charge in [0.25, 0.3) is 0 Å². The number of phenolic OH excluding ortho intramolecular Hbond substituents is 1. The van der Waals surface area contributed by atoms with Gasteiger partial charge in [-0.25, -0.2) is 0 Å². The maximum atomic E-state index is 9.16. The van der Waals surface area contributed by atoms with Crippen molar-refractivity contribution in [3.63, 3.8) is 0 Å². The Kier molecular flexibility index (Phi) is 8.69. The highest BCUT2D eigenvalue weighted by Gasteiger charge is 2.02. The molecule has 0 spiro atoms. The van der Waals surface area contributed by atoms with Crippen LogP contribution in [0.2, 0.25) is 0 Å². The summed E-state index contributed by atoms with van der Waals surface area (Å²) in [6.45, 7) is 2.62. The standard InChI is InChI=1S/C9H11IO2.C7H7IO2/c1-3-12-9-6-7(10)4-5-8(9)11-2;1-10-7-3-2-5(8)4-6(7)9/h4-6H,3H2,1-2H3;2-4,9H,1H3. The minimum Gasteiger partial charge on any atom is -0.504 e. The van der Waals surface area contributed by atoms with Gasteiger partial charge in [0.1, 0.15) is 0 Å². The van der Waals surface area contributed by atoms with Crippen molar-refractivity contribution in [1.29, 1.82) is 0 Å². The molecule has 0 saturated carbocycles. The van der Waals surface area contributed by atoms with Crippen molar-refractivity contribution in [3.8, 4) is 23.0 Å². The zero-order chi connectivity index (χ0) is 16.5. The van der Waals surface area contributed by atoms with Gasteiger partial charge >= 0.3 is 0 Å². The quantitative estimate of drug-likeness (QED) is 0.585. The van der Waals surface area contributed by atoms with Gasteiger partial charge in [-0.05, 0) is 88.5 Å². The Labute approximate surface area is 158 Å². The molecule has 0 aromatic heterocycles. The molecule has 6 heteroatoms. The number of rotatable bonds is 4. The van der Waals surface area contributed by atoms with Gasteiger partial charge in [-0.15, -0.1) is 0 Å². The third kappa shape index (κ3) is 6.07. The molecular weight excluding hydrogens is 510 g/mol. The van der Waals surface area contributed by atoms with Crippen molar-refractivity contribution in [3.05, 3.63) is 43.5 Å². The molecular formula is C16H18I2O4. The van der Waals surface area contributed by atoms with Gasteiger partial charge in [-0.2, -0.15) is 0 Å². The molecule has 0 amide bonds. The molecule has 4 nitrogen and oxygen atoms in total. The van der Waals surface area contributed by atoms with E-state index in [4.69, 9.17) is 19.3 Å². The first-order valence-electron chi connectivity index (χ1n) is 6.50. The van der Waals surface area contributed by atoms with Crippen LogP contribution >= 0.6 is 45.2 Å². The summed E-state index contributed by atoms with van der Waals surface area (Å²) in [5.74, 6) is 2.30. The number of hydrogen-bond acceptors (Lipinski definition) is 4. The second kappa shape index (κ2) is 9.98. The first-order valence-corrected chi connectivity index (χ1v) is 8.66. The number of methoxy groups -OCH3 is 2. The van der Waals surface area contributed by atoms with E-state index in [1.165, 1.54) is 7.11 Å². The minimum atomic E-state index is 0.189. The molecule has 1 N–H and O–H groups in total. The monoisotopic (exact) mass is 528 g/mol. The minimum absolute atomic E-state index is 0.189. The van der Waals surface area contributed by atoms with E-state index in [1.807, 2.05) is 31.2 Å². The average Bonchev–Trinajstić information content (AvgIpc) is 2.49. The molecule has 0 unspecified atom stereocenters. The SMILES string of the molecule is CCOc1cc(I)ccc1OC.COc1ccc(I)cc1O. The average molecular weight is 528 g/mol. The summed E-state index contributed by atoms with van der Waals surface area (Å²) < 4.78 is 17.5. The highest BCUT2D eigenvalue weighted by atomic mass is 127. The van der Waals surface area contributed by atoms with E-state index in [2.05, 4.69) is 45.2 Å². The van der Waals surface area contributed by atoms with Gasteiger partial charge in [0.05, 0.1) is 20.8 Å². The predicted molar refractivity (Wildman–Crippen MR) is 104 cm³/mol. The first kappa shape index (κ1) is 19.1. The molecule has 2 rings (SSSR count). The van der Waals surface area contributed by atoms with Crippen molar-refractivity contribution >= 4 is 45.2 Å². The zero-order valence-electron chi connectivity index (χ0n) is 12.6. The normalized spacial score (nSPS) is 9.50. The van der Waals surface area contributed by atoms with Crippen LogP contribution in [-0.2, 0) is 0 Å². The van der Waals surface area contributed by atoms with Crippen LogP contribution in [0.5, 0.6) is 23.0 Å². The van der Waals surface area contributed by atoms with Gasteiger partial charge < -0.3 is 19.3 Å². The summed E-state index contributed by atoms with van der Waals surface area (Å²) in [6.07, 6.45) is 0. The Balaban J connectivity index is 0.000000224. The lowest BCUT2D eigenvalue weighted by atomic mass is 10.3. The second-order valence-corrected chi connectivity index (χ2v) is 6.54. The van der Waals surface area contributed by atoms with E-state index < -0.39 is 0 Å². The summed E-state index contributed by atoms with van der Waals surface area (Å²) >= 11 is 4.37. The molecule has 0 radical (unpaired) electrons. The van der Waals surface area contributed by atoms with Gasteiger partial charge in [0.15, 0.2) is 23.0 Å². The Hall–Kier alpha value is -0.900. The highest BCUT2D eigenvalue weighted by Crippen LogP contribution is 2.28. The van der Waals surface area contributed by atoms with Crippen LogP contribution < -0.4 is 14.2 Å². The molecule has 0 bridgehead atoms. The summed E-state index contributed by atoms with van der Waals surface area (Å²) in [5, 5.41) is 9.16. The Bertz CT molecular complexity index is 603. The molecule has 0 saturated heterocycles. The van der Waals surface area contributed by atoms with Crippen LogP contribution in [0.3, 0.4) is 0 Å². The summed E-state index contributed by atoms with van der Waals surface area (Å²) in [4.78, 5) is 0. The van der Waals surface area contributed by atoms with E-state index in [-0.39, 0.29) is 5.75 Å². The van der Waals surface area contributed by atoms with Crippen molar-refractivity contribution in [2.24, 2.45) is 0 Å². The fraction of sp³-hybridized carbons (Fsp3) is 0.250. The van der Waals surface area contributed by atoms with E-state index in [1.54, 1.807) is 19.2 Å². The number of aromatic hydroxyl groups is 1. The van der Waals surface area contributed by atoms with Crippen LogP contribution in [0.1, 0.15) is 6.92 Å². The molecule has 2 aromatic rings. The van der Waals surface area contributed by atoms with E-state index >= 15 is 0 Å². The van der Waals surface area contributed by atoms with Crippen molar-refractivity contribution in [2.75, 3.05) is 20.8 Å². The third-order valence-electron chi connectivity index (χ3n) is 2.57.